The summed E-state index contributed by atoms with van der Waals surface area (Å²) in [6, 6.07) is 10.1. The van der Waals surface area contributed by atoms with Crippen LogP contribution in [0.3, 0.4) is 0 Å². The molecule has 3 nitrogen and oxygen atoms in total. The molecule has 1 aliphatic heterocycles. The minimum absolute atomic E-state index is 0.0730. The van der Waals surface area contributed by atoms with Gasteiger partial charge in [-0.1, -0.05) is 47.5 Å². The highest BCUT2D eigenvalue weighted by Gasteiger charge is 2.59. The largest absolute Gasteiger partial charge is 0.428 e. The standard InChI is InChI=1S/C17H12Cl2F3NO2/c18-13-5-12(6-14(19)7-13)16(17(20,21)22)8-15(23-25-16)11-3-1-10(9-24)2-4-11/h1-8,23-24H,9H2. The summed E-state index contributed by atoms with van der Waals surface area (Å²) in [6.07, 6.45) is -3.80. The Hall–Kier alpha value is -1.73. The summed E-state index contributed by atoms with van der Waals surface area (Å²) in [4.78, 5) is 4.99. The normalized spacial score (nSPS) is 20.3. The molecule has 0 amide bonds. The first-order chi connectivity index (χ1) is 11.7. The van der Waals surface area contributed by atoms with Gasteiger partial charge < -0.3 is 5.11 Å². The first-order valence-corrected chi connectivity index (χ1v) is 7.91. The van der Waals surface area contributed by atoms with Gasteiger partial charge in [-0.05, 0) is 35.4 Å². The van der Waals surface area contributed by atoms with Crippen molar-refractivity contribution in [1.82, 2.24) is 5.48 Å². The van der Waals surface area contributed by atoms with Gasteiger partial charge in [0.1, 0.15) is 0 Å². The first kappa shape index (κ1) is 18.1. The Bertz CT molecular complexity index is 801. The van der Waals surface area contributed by atoms with Crippen LogP contribution in [0.25, 0.3) is 5.70 Å². The Balaban J connectivity index is 2.10. The van der Waals surface area contributed by atoms with Crippen molar-refractivity contribution >= 4 is 28.9 Å². The number of hydrogen-bond donors (Lipinski definition) is 2. The summed E-state index contributed by atoms with van der Waals surface area (Å²) < 4.78 is 41.5. The zero-order valence-corrected chi connectivity index (χ0v) is 14.1. The van der Waals surface area contributed by atoms with Crippen LogP contribution in [0.1, 0.15) is 16.7 Å². The zero-order valence-electron chi connectivity index (χ0n) is 12.6. The molecule has 25 heavy (non-hydrogen) atoms. The van der Waals surface area contributed by atoms with Crippen LogP contribution < -0.4 is 5.48 Å². The molecule has 8 heteroatoms. The molecular weight excluding hydrogens is 378 g/mol. The van der Waals surface area contributed by atoms with E-state index in [9.17, 15) is 13.2 Å². The number of alkyl halides is 3. The van der Waals surface area contributed by atoms with Crippen molar-refractivity contribution in [3.63, 3.8) is 0 Å². The maximum absolute atomic E-state index is 13.8. The van der Waals surface area contributed by atoms with Gasteiger partial charge >= 0.3 is 6.18 Å². The van der Waals surface area contributed by atoms with Crippen LogP contribution in [0, 0.1) is 0 Å². The fourth-order valence-corrected chi connectivity index (χ4v) is 3.07. The number of nitrogens with one attached hydrogen (secondary N) is 1. The molecule has 0 radical (unpaired) electrons. The molecule has 2 aromatic rings. The van der Waals surface area contributed by atoms with E-state index in [2.05, 4.69) is 5.48 Å². The number of benzene rings is 2. The van der Waals surface area contributed by atoms with Gasteiger partial charge in [-0.15, -0.1) is 0 Å². The van der Waals surface area contributed by atoms with Crippen LogP contribution in [0.2, 0.25) is 10.0 Å². The summed E-state index contributed by atoms with van der Waals surface area (Å²) in [5.41, 5.74) is 0.671. The fourth-order valence-electron chi connectivity index (χ4n) is 2.54. The molecule has 2 N–H and O–H groups in total. The third-order valence-corrected chi connectivity index (χ3v) is 4.27. The summed E-state index contributed by atoms with van der Waals surface area (Å²) in [5, 5.41) is 9.20. The molecule has 0 saturated heterocycles. The van der Waals surface area contributed by atoms with Gasteiger partial charge in [0.15, 0.2) is 0 Å². The number of hydroxylamine groups is 1. The molecule has 132 valence electrons. The van der Waals surface area contributed by atoms with Crippen LogP contribution in [-0.4, -0.2) is 11.3 Å². The van der Waals surface area contributed by atoms with E-state index in [4.69, 9.17) is 33.1 Å². The second kappa shape index (κ2) is 6.53. The highest BCUT2D eigenvalue weighted by Crippen LogP contribution is 2.48. The molecular formula is C17H12Cl2F3NO2. The SMILES string of the molecule is OCc1ccc(C2=CC(c3cc(Cl)cc(Cl)c3)(C(F)(F)F)ON2)cc1. The van der Waals surface area contributed by atoms with Crippen molar-refractivity contribution in [2.24, 2.45) is 0 Å². The van der Waals surface area contributed by atoms with Gasteiger partial charge in [-0.3, -0.25) is 10.3 Å². The third kappa shape index (κ3) is 3.35. The minimum Gasteiger partial charge on any atom is -0.392 e. The van der Waals surface area contributed by atoms with E-state index < -0.39 is 11.8 Å². The summed E-state index contributed by atoms with van der Waals surface area (Å²) in [6.45, 7) is -0.156. The molecule has 0 aliphatic carbocycles. The summed E-state index contributed by atoms with van der Waals surface area (Å²) in [5.74, 6) is 0. The number of aliphatic hydroxyl groups excluding tert-OH is 1. The van der Waals surface area contributed by atoms with Crippen LogP contribution in [0.4, 0.5) is 13.2 Å². The molecule has 3 rings (SSSR count). The lowest BCUT2D eigenvalue weighted by Gasteiger charge is -2.28. The predicted octanol–water partition coefficient (Wildman–Crippen LogP) is 4.82. The van der Waals surface area contributed by atoms with E-state index in [1.165, 1.54) is 6.07 Å². The molecule has 0 spiro atoms. The van der Waals surface area contributed by atoms with E-state index >= 15 is 0 Å². The smallest absolute Gasteiger partial charge is 0.392 e. The monoisotopic (exact) mass is 389 g/mol. The van der Waals surface area contributed by atoms with Gasteiger partial charge in [0.25, 0.3) is 0 Å². The topological polar surface area (TPSA) is 41.5 Å². The molecule has 0 saturated carbocycles. The predicted molar refractivity (Wildman–Crippen MR) is 88.8 cm³/mol. The summed E-state index contributed by atoms with van der Waals surface area (Å²) >= 11 is 11.7. The van der Waals surface area contributed by atoms with E-state index in [1.54, 1.807) is 24.3 Å². The second-order valence-electron chi connectivity index (χ2n) is 5.51. The molecule has 0 aromatic heterocycles. The van der Waals surface area contributed by atoms with Crippen LogP contribution in [-0.2, 0) is 17.0 Å². The van der Waals surface area contributed by atoms with Crippen LogP contribution in [0.15, 0.2) is 48.5 Å². The fraction of sp³-hybridized carbons (Fsp3) is 0.176. The number of rotatable bonds is 3. The van der Waals surface area contributed by atoms with Gasteiger partial charge in [-0.2, -0.15) is 13.2 Å². The molecule has 1 unspecified atom stereocenters. The molecule has 0 fully saturated rings. The average Bonchev–Trinajstić information content (AvgIpc) is 3.00. The molecule has 1 heterocycles. The van der Waals surface area contributed by atoms with Gasteiger partial charge in [-0.25, -0.2) is 0 Å². The highest BCUT2D eigenvalue weighted by atomic mass is 35.5. The van der Waals surface area contributed by atoms with Gasteiger partial charge in [0.05, 0.1) is 12.3 Å². The van der Waals surface area contributed by atoms with Crippen molar-refractivity contribution in [3.8, 4) is 0 Å². The minimum atomic E-state index is -4.75. The van der Waals surface area contributed by atoms with Gasteiger partial charge in [0.2, 0.25) is 5.60 Å². The number of halogens is 5. The van der Waals surface area contributed by atoms with Crippen molar-refractivity contribution in [2.45, 2.75) is 18.4 Å². The zero-order chi connectivity index (χ0) is 18.2. The number of aliphatic hydroxyl groups is 1. The van der Waals surface area contributed by atoms with Crippen LogP contribution >= 0.6 is 23.2 Å². The van der Waals surface area contributed by atoms with E-state index in [0.717, 1.165) is 18.2 Å². The number of hydrogen-bond acceptors (Lipinski definition) is 3. The molecule has 1 aliphatic rings. The molecule has 2 aromatic carbocycles. The first-order valence-electron chi connectivity index (χ1n) is 7.15. The summed E-state index contributed by atoms with van der Waals surface area (Å²) in [7, 11) is 0. The Kier molecular flexibility index (Phi) is 4.72. The van der Waals surface area contributed by atoms with Gasteiger partial charge in [0, 0.05) is 15.6 Å². The Morgan fingerprint density at radius 2 is 1.64 bits per heavy atom. The van der Waals surface area contributed by atoms with Crippen molar-refractivity contribution < 1.29 is 23.1 Å². The van der Waals surface area contributed by atoms with E-state index in [-0.39, 0.29) is 27.9 Å². The lowest BCUT2D eigenvalue weighted by molar-refractivity contribution is -0.269. The van der Waals surface area contributed by atoms with E-state index in [1.807, 2.05) is 0 Å². The van der Waals surface area contributed by atoms with Crippen molar-refractivity contribution in [3.05, 3.63) is 75.3 Å². The maximum atomic E-state index is 13.8. The van der Waals surface area contributed by atoms with Crippen molar-refractivity contribution in [1.29, 1.82) is 0 Å². The Morgan fingerprint density at radius 3 is 2.16 bits per heavy atom. The average molecular weight is 390 g/mol. The highest BCUT2D eigenvalue weighted by molar-refractivity contribution is 6.34. The third-order valence-electron chi connectivity index (χ3n) is 3.83. The maximum Gasteiger partial charge on any atom is 0.428 e. The lowest BCUT2D eigenvalue weighted by atomic mass is 9.91. The van der Waals surface area contributed by atoms with Crippen molar-refractivity contribution in [2.75, 3.05) is 0 Å². The van der Waals surface area contributed by atoms with E-state index in [0.29, 0.717) is 11.1 Å². The molecule has 1 atom stereocenters. The van der Waals surface area contributed by atoms with Crippen LogP contribution in [0.5, 0.6) is 0 Å². The molecule has 0 bridgehead atoms. The Labute approximate surface area is 151 Å². The lowest BCUT2D eigenvalue weighted by Crippen LogP contribution is -2.42. The Morgan fingerprint density at radius 1 is 1.04 bits per heavy atom. The quantitative estimate of drug-likeness (QED) is 0.790. The second-order valence-corrected chi connectivity index (χ2v) is 6.38.